The molecule has 0 aliphatic heterocycles. The normalized spacial score (nSPS) is 9.18. The molecule has 2 aromatic carbocycles. The second-order valence-corrected chi connectivity index (χ2v) is 3.61. The number of para-hydroxylation sites is 2. The van der Waals surface area contributed by atoms with E-state index >= 15 is 0 Å². The monoisotopic (exact) mass is 222 g/mol. The molecule has 2 nitrogen and oxygen atoms in total. The fourth-order valence-electron chi connectivity index (χ4n) is 1.47. The van der Waals surface area contributed by atoms with E-state index < -0.39 is 0 Å². The van der Waals surface area contributed by atoms with Gasteiger partial charge < -0.3 is 11.1 Å². The van der Waals surface area contributed by atoms with Crippen LogP contribution in [0, 0.1) is 11.8 Å². The first kappa shape index (κ1) is 11.1. The van der Waals surface area contributed by atoms with Crippen LogP contribution in [0.5, 0.6) is 0 Å². The molecule has 0 aliphatic carbocycles. The summed E-state index contributed by atoms with van der Waals surface area (Å²) in [4.78, 5) is 0. The van der Waals surface area contributed by atoms with Gasteiger partial charge in [0, 0.05) is 5.56 Å². The summed E-state index contributed by atoms with van der Waals surface area (Å²) in [7, 11) is 0. The smallest absolute Gasteiger partial charge is 0.0770 e. The molecular weight excluding hydrogens is 208 g/mol. The van der Waals surface area contributed by atoms with Crippen molar-refractivity contribution < 1.29 is 0 Å². The van der Waals surface area contributed by atoms with Crippen molar-refractivity contribution in [2.45, 2.75) is 0 Å². The van der Waals surface area contributed by atoms with Crippen LogP contribution in [0.25, 0.3) is 0 Å². The first-order chi connectivity index (χ1) is 8.36. The number of nitrogen functional groups attached to an aromatic ring is 1. The molecule has 0 aliphatic rings. The van der Waals surface area contributed by atoms with E-state index in [1.165, 1.54) is 0 Å². The van der Waals surface area contributed by atoms with E-state index in [1.54, 1.807) is 0 Å². The predicted molar refractivity (Wildman–Crippen MR) is 72.7 cm³/mol. The zero-order valence-electron chi connectivity index (χ0n) is 9.48. The Bertz CT molecular complexity index is 536. The Kier molecular flexibility index (Phi) is 3.67. The second kappa shape index (κ2) is 5.62. The summed E-state index contributed by atoms with van der Waals surface area (Å²) in [5, 5.41) is 3.18. The van der Waals surface area contributed by atoms with Crippen molar-refractivity contribution in [1.82, 2.24) is 0 Å². The first-order valence-electron chi connectivity index (χ1n) is 5.48. The van der Waals surface area contributed by atoms with E-state index in [9.17, 15) is 0 Å². The van der Waals surface area contributed by atoms with Crippen LogP contribution in [0.1, 0.15) is 5.56 Å². The van der Waals surface area contributed by atoms with Crippen LogP contribution in [0.2, 0.25) is 0 Å². The molecule has 0 heterocycles. The molecule has 0 radical (unpaired) electrons. The van der Waals surface area contributed by atoms with Gasteiger partial charge in [-0.2, -0.15) is 0 Å². The zero-order chi connectivity index (χ0) is 11.9. The van der Waals surface area contributed by atoms with Gasteiger partial charge in [0.25, 0.3) is 0 Å². The van der Waals surface area contributed by atoms with Gasteiger partial charge in [0.2, 0.25) is 0 Å². The highest BCUT2D eigenvalue weighted by atomic mass is 14.9. The van der Waals surface area contributed by atoms with Gasteiger partial charge in [-0.3, -0.25) is 0 Å². The minimum Gasteiger partial charge on any atom is -0.397 e. The number of rotatable bonds is 2. The van der Waals surface area contributed by atoms with Gasteiger partial charge in [0.15, 0.2) is 0 Å². The fraction of sp³-hybridized carbons (Fsp3) is 0.0667. The highest BCUT2D eigenvalue weighted by molar-refractivity contribution is 5.65. The minimum absolute atomic E-state index is 0.586. The average molecular weight is 222 g/mol. The molecule has 2 aromatic rings. The lowest BCUT2D eigenvalue weighted by molar-refractivity contribution is 1.38. The van der Waals surface area contributed by atoms with Crippen molar-refractivity contribution >= 4 is 11.4 Å². The molecular formula is C15H14N2. The maximum atomic E-state index is 5.80. The quantitative estimate of drug-likeness (QED) is 0.605. The van der Waals surface area contributed by atoms with Crippen LogP contribution in [0.15, 0.2) is 54.6 Å². The van der Waals surface area contributed by atoms with Crippen molar-refractivity contribution in [2.24, 2.45) is 0 Å². The minimum atomic E-state index is 0.586. The Hall–Kier alpha value is -2.40. The number of anilines is 2. The van der Waals surface area contributed by atoms with Crippen molar-refractivity contribution in [3.63, 3.8) is 0 Å². The molecule has 0 atom stereocenters. The first-order valence-corrected chi connectivity index (χ1v) is 5.48. The maximum Gasteiger partial charge on any atom is 0.0770 e. The van der Waals surface area contributed by atoms with E-state index in [1.807, 2.05) is 54.6 Å². The molecule has 3 N–H and O–H groups in total. The number of hydrogen-bond donors (Lipinski definition) is 2. The number of hydrogen-bond acceptors (Lipinski definition) is 2. The van der Waals surface area contributed by atoms with Crippen LogP contribution >= 0.6 is 0 Å². The summed E-state index contributed by atoms with van der Waals surface area (Å²) in [6.45, 7) is 0.586. The molecule has 17 heavy (non-hydrogen) atoms. The third kappa shape index (κ3) is 3.29. The average Bonchev–Trinajstić information content (AvgIpc) is 2.38. The third-order valence-corrected chi connectivity index (χ3v) is 2.33. The highest BCUT2D eigenvalue weighted by Crippen LogP contribution is 2.15. The Morgan fingerprint density at radius 2 is 1.65 bits per heavy atom. The van der Waals surface area contributed by atoms with Gasteiger partial charge in [-0.25, -0.2) is 0 Å². The highest BCUT2D eigenvalue weighted by Gasteiger charge is 1.93. The summed E-state index contributed by atoms with van der Waals surface area (Å²) in [5.41, 5.74) is 8.50. The Morgan fingerprint density at radius 1 is 0.941 bits per heavy atom. The standard InChI is InChI=1S/C15H14N2/c16-14-10-4-5-11-15(14)17-12-6-9-13-7-2-1-3-8-13/h1-5,7-8,10-11,17H,12,16H2. The Balaban J connectivity index is 1.93. The van der Waals surface area contributed by atoms with E-state index in [2.05, 4.69) is 17.2 Å². The van der Waals surface area contributed by atoms with Gasteiger partial charge in [-0.1, -0.05) is 42.2 Å². The molecule has 0 spiro atoms. The summed E-state index contributed by atoms with van der Waals surface area (Å²) in [5.74, 6) is 6.14. The lowest BCUT2D eigenvalue weighted by Crippen LogP contribution is -2.01. The van der Waals surface area contributed by atoms with Crippen molar-refractivity contribution in [3.05, 3.63) is 60.2 Å². The summed E-state index contributed by atoms with van der Waals surface area (Å²) in [6, 6.07) is 17.6. The Morgan fingerprint density at radius 3 is 2.41 bits per heavy atom. The fourth-order valence-corrected chi connectivity index (χ4v) is 1.47. The van der Waals surface area contributed by atoms with Gasteiger partial charge >= 0.3 is 0 Å². The largest absolute Gasteiger partial charge is 0.397 e. The molecule has 0 saturated carbocycles. The van der Waals surface area contributed by atoms with Gasteiger partial charge in [0.05, 0.1) is 17.9 Å². The second-order valence-electron chi connectivity index (χ2n) is 3.61. The van der Waals surface area contributed by atoms with E-state index in [0.29, 0.717) is 6.54 Å². The van der Waals surface area contributed by atoms with Crippen molar-refractivity contribution in [1.29, 1.82) is 0 Å². The molecule has 0 amide bonds. The molecule has 2 heteroatoms. The number of nitrogens with one attached hydrogen (secondary N) is 1. The molecule has 2 rings (SSSR count). The van der Waals surface area contributed by atoms with Crippen LogP contribution in [-0.4, -0.2) is 6.54 Å². The topological polar surface area (TPSA) is 38.0 Å². The van der Waals surface area contributed by atoms with Crippen LogP contribution in [0.4, 0.5) is 11.4 Å². The van der Waals surface area contributed by atoms with Gasteiger partial charge in [-0.15, -0.1) is 0 Å². The van der Waals surface area contributed by atoms with Crippen LogP contribution in [0.3, 0.4) is 0 Å². The SMILES string of the molecule is Nc1ccccc1NCC#Cc1ccccc1. The molecule has 0 unspecified atom stereocenters. The maximum absolute atomic E-state index is 5.80. The molecule has 84 valence electrons. The number of nitrogens with two attached hydrogens (primary N) is 1. The van der Waals surface area contributed by atoms with E-state index in [0.717, 1.165) is 16.9 Å². The summed E-state index contributed by atoms with van der Waals surface area (Å²) < 4.78 is 0. The van der Waals surface area contributed by atoms with Crippen LogP contribution < -0.4 is 11.1 Å². The van der Waals surface area contributed by atoms with Gasteiger partial charge in [0.1, 0.15) is 0 Å². The lowest BCUT2D eigenvalue weighted by atomic mass is 10.2. The van der Waals surface area contributed by atoms with Crippen molar-refractivity contribution in [2.75, 3.05) is 17.6 Å². The van der Waals surface area contributed by atoms with Crippen LogP contribution in [-0.2, 0) is 0 Å². The van der Waals surface area contributed by atoms with Gasteiger partial charge in [-0.05, 0) is 24.3 Å². The molecule has 0 aromatic heterocycles. The van der Waals surface area contributed by atoms with E-state index in [4.69, 9.17) is 5.73 Å². The lowest BCUT2D eigenvalue weighted by Gasteiger charge is -2.04. The molecule has 0 fully saturated rings. The van der Waals surface area contributed by atoms with Crippen molar-refractivity contribution in [3.8, 4) is 11.8 Å². The predicted octanol–water partition coefficient (Wildman–Crippen LogP) is 2.73. The van der Waals surface area contributed by atoms with E-state index in [-0.39, 0.29) is 0 Å². The molecule has 0 bridgehead atoms. The Labute approximate surface area is 101 Å². The summed E-state index contributed by atoms with van der Waals surface area (Å²) >= 11 is 0. The number of benzene rings is 2. The molecule has 0 saturated heterocycles. The third-order valence-electron chi connectivity index (χ3n) is 2.33. The summed E-state index contributed by atoms with van der Waals surface area (Å²) in [6.07, 6.45) is 0. The zero-order valence-corrected chi connectivity index (χ0v) is 9.48.